The Morgan fingerprint density at radius 3 is 2.81 bits per heavy atom. The van der Waals surface area contributed by atoms with Crippen LogP contribution in [0, 0.1) is 6.92 Å². The zero-order valence-electron chi connectivity index (χ0n) is 9.14. The van der Waals surface area contributed by atoms with E-state index in [9.17, 15) is 5.11 Å². The van der Waals surface area contributed by atoms with Gasteiger partial charge in [-0.05, 0) is 36.2 Å². The van der Waals surface area contributed by atoms with Gasteiger partial charge in [0, 0.05) is 12.7 Å². The lowest BCUT2D eigenvalue weighted by Crippen LogP contribution is -2.00. The number of phenols is 1. The summed E-state index contributed by atoms with van der Waals surface area (Å²) in [6.45, 7) is 2.66. The third kappa shape index (κ3) is 2.73. The van der Waals surface area contributed by atoms with Crippen LogP contribution in [-0.4, -0.2) is 10.1 Å². The molecular formula is C13H14N2O. The Balaban J connectivity index is 1.99. The molecule has 0 unspecified atom stereocenters. The first kappa shape index (κ1) is 10.5. The van der Waals surface area contributed by atoms with E-state index in [0.717, 1.165) is 16.9 Å². The molecule has 0 radical (unpaired) electrons. The number of hydrogen-bond donors (Lipinski definition) is 2. The molecule has 1 aromatic heterocycles. The van der Waals surface area contributed by atoms with Gasteiger partial charge in [0.2, 0.25) is 0 Å². The maximum atomic E-state index is 9.30. The predicted octanol–water partition coefficient (Wildman–Crippen LogP) is 2.71. The SMILES string of the molecule is Cc1ccc(NCc2cccc(O)c2)nc1. The molecule has 0 saturated heterocycles. The molecule has 82 valence electrons. The summed E-state index contributed by atoms with van der Waals surface area (Å²) in [4.78, 5) is 4.24. The van der Waals surface area contributed by atoms with Crippen LogP contribution < -0.4 is 5.32 Å². The largest absolute Gasteiger partial charge is 0.508 e. The molecule has 0 aliphatic rings. The highest BCUT2D eigenvalue weighted by atomic mass is 16.3. The van der Waals surface area contributed by atoms with Crippen molar-refractivity contribution in [2.45, 2.75) is 13.5 Å². The second-order valence-electron chi connectivity index (χ2n) is 3.74. The van der Waals surface area contributed by atoms with Crippen LogP contribution in [-0.2, 0) is 6.54 Å². The monoisotopic (exact) mass is 214 g/mol. The van der Waals surface area contributed by atoms with Crippen molar-refractivity contribution in [1.29, 1.82) is 0 Å². The summed E-state index contributed by atoms with van der Waals surface area (Å²) in [6, 6.07) is 11.1. The first-order valence-electron chi connectivity index (χ1n) is 5.18. The van der Waals surface area contributed by atoms with Crippen LogP contribution in [0.1, 0.15) is 11.1 Å². The van der Waals surface area contributed by atoms with E-state index >= 15 is 0 Å². The molecule has 2 N–H and O–H groups in total. The van der Waals surface area contributed by atoms with E-state index in [1.165, 1.54) is 0 Å². The molecule has 0 aliphatic carbocycles. The van der Waals surface area contributed by atoms with Gasteiger partial charge in [0.15, 0.2) is 0 Å². The number of aromatic hydroxyl groups is 1. The number of hydrogen-bond acceptors (Lipinski definition) is 3. The van der Waals surface area contributed by atoms with Crippen molar-refractivity contribution < 1.29 is 5.11 Å². The molecule has 3 nitrogen and oxygen atoms in total. The number of anilines is 1. The van der Waals surface area contributed by atoms with Crippen LogP contribution in [0.15, 0.2) is 42.6 Å². The molecule has 2 aromatic rings. The molecule has 0 atom stereocenters. The molecule has 0 amide bonds. The van der Waals surface area contributed by atoms with E-state index in [-0.39, 0.29) is 5.75 Å². The van der Waals surface area contributed by atoms with Gasteiger partial charge in [-0.25, -0.2) is 4.98 Å². The molecule has 1 aromatic carbocycles. The standard InChI is InChI=1S/C13H14N2O/c1-10-5-6-13(14-8-10)15-9-11-3-2-4-12(16)7-11/h2-8,16H,9H2,1H3,(H,14,15). The fourth-order valence-electron chi connectivity index (χ4n) is 1.43. The Kier molecular flexibility index (Phi) is 3.05. The average Bonchev–Trinajstić information content (AvgIpc) is 2.28. The summed E-state index contributed by atoms with van der Waals surface area (Å²) < 4.78 is 0. The van der Waals surface area contributed by atoms with Gasteiger partial charge in [0.05, 0.1) is 0 Å². The topological polar surface area (TPSA) is 45.1 Å². The van der Waals surface area contributed by atoms with E-state index in [0.29, 0.717) is 6.54 Å². The molecule has 0 saturated carbocycles. The van der Waals surface area contributed by atoms with Gasteiger partial charge in [-0.3, -0.25) is 0 Å². The van der Waals surface area contributed by atoms with Gasteiger partial charge >= 0.3 is 0 Å². The summed E-state index contributed by atoms with van der Waals surface area (Å²) in [5.74, 6) is 1.13. The normalized spacial score (nSPS) is 10.1. The van der Waals surface area contributed by atoms with E-state index in [2.05, 4.69) is 10.3 Å². The number of aryl methyl sites for hydroxylation is 1. The fraction of sp³-hybridized carbons (Fsp3) is 0.154. The second-order valence-corrected chi connectivity index (χ2v) is 3.74. The van der Waals surface area contributed by atoms with Crippen molar-refractivity contribution in [1.82, 2.24) is 4.98 Å². The fourth-order valence-corrected chi connectivity index (χ4v) is 1.43. The van der Waals surface area contributed by atoms with Gasteiger partial charge in [0.25, 0.3) is 0 Å². The van der Waals surface area contributed by atoms with Crippen LogP contribution in [0.25, 0.3) is 0 Å². The van der Waals surface area contributed by atoms with Gasteiger partial charge in [-0.2, -0.15) is 0 Å². The highest BCUT2D eigenvalue weighted by Gasteiger charge is 1.96. The maximum Gasteiger partial charge on any atom is 0.126 e. The minimum absolute atomic E-state index is 0.288. The molecule has 0 bridgehead atoms. The lowest BCUT2D eigenvalue weighted by Gasteiger charge is -2.06. The average molecular weight is 214 g/mol. The van der Waals surface area contributed by atoms with Crippen LogP contribution in [0.2, 0.25) is 0 Å². The van der Waals surface area contributed by atoms with Crippen molar-refractivity contribution in [3.63, 3.8) is 0 Å². The smallest absolute Gasteiger partial charge is 0.126 e. The number of phenolic OH excluding ortho intramolecular Hbond substituents is 1. The lowest BCUT2D eigenvalue weighted by molar-refractivity contribution is 0.474. The zero-order chi connectivity index (χ0) is 11.4. The minimum atomic E-state index is 0.288. The number of aromatic nitrogens is 1. The minimum Gasteiger partial charge on any atom is -0.508 e. The summed E-state index contributed by atoms with van der Waals surface area (Å²) in [5.41, 5.74) is 2.17. The molecule has 3 heteroatoms. The Hall–Kier alpha value is -2.03. The van der Waals surface area contributed by atoms with Crippen LogP contribution in [0.3, 0.4) is 0 Å². The lowest BCUT2D eigenvalue weighted by atomic mass is 10.2. The molecular weight excluding hydrogens is 200 g/mol. The molecule has 0 aliphatic heterocycles. The summed E-state index contributed by atoms with van der Waals surface area (Å²) in [5, 5.41) is 12.5. The quantitative estimate of drug-likeness (QED) is 0.825. The third-order valence-corrected chi connectivity index (χ3v) is 2.30. The van der Waals surface area contributed by atoms with Gasteiger partial charge in [0.1, 0.15) is 11.6 Å². The molecule has 2 rings (SSSR count). The number of pyridine rings is 1. The van der Waals surface area contributed by atoms with E-state index < -0.39 is 0 Å². The number of nitrogens with one attached hydrogen (secondary N) is 1. The highest BCUT2D eigenvalue weighted by Crippen LogP contribution is 2.12. The van der Waals surface area contributed by atoms with Crippen molar-refractivity contribution in [2.24, 2.45) is 0 Å². The number of nitrogens with zero attached hydrogens (tertiary/aromatic N) is 1. The van der Waals surface area contributed by atoms with Crippen LogP contribution >= 0.6 is 0 Å². The van der Waals surface area contributed by atoms with Crippen molar-refractivity contribution >= 4 is 5.82 Å². The Labute approximate surface area is 94.8 Å². The van der Waals surface area contributed by atoms with E-state index in [1.54, 1.807) is 12.1 Å². The first-order chi connectivity index (χ1) is 7.74. The number of rotatable bonds is 3. The van der Waals surface area contributed by atoms with Crippen LogP contribution in [0.5, 0.6) is 5.75 Å². The predicted molar refractivity (Wildman–Crippen MR) is 64.4 cm³/mol. The summed E-state index contributed by atoms with van der Waals surface area (Å²) in [6.07, 6.45) is 1.82. The van der Waals surface area contributed by atoms with E-state index in [1.807, 2.05) is 37.4 Å². The van der Waals surface area contributed by atoms with Gasteiger partial charge in [-0.1, -0.05) is 18.2 Å². The molecule has 0 spiro atoms. The van der Waals surface area contributed by atoms with Crippen molar-refractivity contribution in [3.8, 4) is 5.75 Å². The van der Waals surface area contributed by atoms with Gasteiger partial charge < -0.3 is 10.4 Å². The Bertz CT molecular complexity index is 466. The molecule has 0 fully saturated rings. The summed E-state index contributed by atoms with van der Waals surface area (Å²) >= 11 is 0. The second kappa shape index (κ2) is 4.66. The number of benzene rings is 1. The van der Waals surface area contributed by atoms with Crippen molar-refractivity contribution in [3.05, 3.63) is 53.7 Å². The Morgan fingerprint density at radius 2 is 2.12 bits per heavy atom. The molecule has 16 heavy (non-hydrogen) atoms. The first-order valence-corrected chi connectivity index (χ1v) is 5.18. The summed E-state index contributed by atoms with van der Waals surface area (Å²) in [7, 11) is 0. The highest BCUT2D eigenvalue weighted by molar-refractivity contribution is 5.37. The maximum absolute atomic E-state index is 9.30. The van der Waals surface area contributed by atoms with Crippen LogP contribution in [0.4, 0.5) is 5.82 Å². The third-order valence-electron chi connectivity index (χ3n) is 2.30. The Morgan fingerprint density at radius 1 is 1.25 bits per heavy atom. The zero-order valence-corrected chi connectivity index (χ0v) is 9.14. The molecule has 1 heterocycles. The van der Waals surface area contributed by atoms with Gasteiger partial charge in [-0.15, -0.1) is 0 Å². The van der Waals surface area contributed by atoms with E-state index in [4.69, 9.17) is 0 Å². The van der Waals surface area contributed by atoms with Crippen molar-refractivity contribution in [2.75, 3.05) is 5.32 Å².